The van der Waals surface area contributed by atoms with Gasteiger partial charge in [0, 0.05) is 132 Å². The maximum atomic E-state index is 14.4. The number of amides is 3. The molecule has 3 amide bonds. The Balaban J connectivity index is 0.000000206. The molecule has 3 aromatic carbocycles. The van der Waals surface area contributed by atoms with Crippen molar-refractivity contribution in [1.29, 1.82) is 0 Å². The molecule has 0 spiro atoms. The predicted molar refractivity (Wildman–Crippen MR) is 396 cm³/mol. The molecule has 586 valence electrons. The fourth-order valence-electron chi connectivity index (χ4n) is 11.5. The van der Waals surface area contributed by atoms with Crippen LogP contribution in [0.5, 0.6) is 11.8 Å². The highest BCUT2D eigenvalue weighted by atomic mass is 19.4. The number of morpholine rings is 3. The average Bonchev–Trinajstić information content (AvgIpc) is 0.772. The quantitative estimate of drug-likeness (QED) is 0.0434. The molecule has 22 nitrogen and oxygen atoms in total. The van der Waals surface area contributed by atoms with Crippen molar-refractivity contribution in [2.45, 2.75) is 80.2 Å². The SMILES string of the molecule is C.C.COC[C@@H](C)Oc1ncc(-c2cc(NC(=O)c3cccc(C(F)(F)F)c3)cnc2C)cc1N1CCOCC1.Cc1ncc(NC(=O)c2cccc(C(F)(F)F)c2)cc1-c1cnc(F)c(N2CCOCC2)c1.Cc1ncc(NC(=O)c2cccc(C(F)(F)F)c2)cc1-c1cnc(O[C@H](C)CO)c(N2CCOCC2)c1. The fourth-order valence-corrected chi connectivity index (χ4v) is 11.5. The molecule has 3 aliphatic heterocycles. The number of aromatic nitrogens is 6. The molecule has 6 aromatic heterocycles. The third-order valence-corrected chi connectivity index (χ3v) is 17.1. The molecule has 9 aromatic rings. The lowest BCUT2D eigenvalue weighted by molar-refractivity contribution is -0.138. The zero-order valence-electron chi connectivity index (χ0n) is 59.3. The first kappa shape index (κ1) is 84.7. The molecule has 4 N–H and O–H groups in total. The number of aliphatic hydroxyl groups excluding tert-OH is 1. The van der Waals surface area contributed by atoms with E-state index in [1.165, 1.54) is 61.2 Å². The number of aryl methyl sites for hydroxylation is 3. The maximum Gasteiger partial charge on any atom is 0.416 e. The third-order valence-electron chi connectivity index (χ3n) is 17.1. The number of benzene rings is 3. The number of anilines is 6. The Morgan fingerprint density at radius 3 is 1.08 bits per heavy atom. The minimum absolute atomic E-state index is 0. The molecule has 0 saturated carbocycles. The lowest BCUT2D eigenvalue weighted by Crippen LogP contribution is -2.37. The number of aliphatic hydroxyl groups is 1. The lowest BCUT2D eigenvalue weighted by Gasteiger charge is -2.30. The van der Waals surface area contributed by atoms with Crippen molar-refractivity contribution in [2.24, 2.45) is 0 Å². The highest BCUT2D eigenvalue weighted by molar-refractivity contribution is 6.06. The summed E-state index contributed by atoms with van der Waals surface area (Å²) in [6.07, 6.45) is -5.33. The van der Waals surface area contributed by atoms with Gasteiger partial charge in [-0.1, -0.05) is 33.1 Å². The Morgan fingerprint density at radius 1 is 0.455 bits per heavy atom. The minimum atomic E-state index is -4.55. The molecule has 2 atom stereocenters. The van der Waals surface area contributed by atoms with Crippen molar-refractivity contribution in [1.82, 2.24) is 29.9 Å². The molecule has 3 aliphatic rings. The number of nitrogens with zero attached hydrogens (tertiary/aromatic N) is 9. The summed E-state index contributed by atoms with van der Waals surface area (Å²) in [5.74, 6) is -1.80. The Hall–Kier alpha value is -10.9. The Morgan fingerprint density at radius 2 is 0.764 bits per heavy atom. The van der Waals surface area contributed by atoms with Crippen LogP contribution in [0.3, 0.4) is 0 Å². The standard InChI is InChI=1S/C27H29F3N4O4.C26H27F3N4O4.C23H20F4N4O2.2CH4/c1-17(16-36-3)38-26-24(34-7-9-37-10-8-34)12-20(14-32-26)23-13-22(15-31-18(23)2)33-25(35)19-5-4-6-21(11-19)27(28,29)30;1-16(15-34)37-25-23(33-6-8-36-9-7-33)11-19(13-31-25)22-12-21(14-30-17(22)2)32-24(35)18-4-3-5-20(10-18)26(27,28)29;1-14-19(16-10-20(21(24)29-12-16)31-5-7-33-8-6-31)11-18(13-28-14)30-22(32)15-3-2-4-17(9-15)23(25,26)27;;/h4-6,11-15,17H,7-10,16H2,1-3H3,(H,33,35);3-5,10-14,16,34H,6-9,15H2,1-2H3,(H,32,35);2-4,9-13H,5-8H2,1H3,(H,30,32);2*1H4/t17-;16-;;;/m11.../s1. The monoisotopic (exact) mass is 1540 g/mol. The van der Waals surface area contributed by atoms with Gasteiger partial charge in [-0.05, 0) is 126 Å². The van der Waals surface area contributed by atoms with Crippen LogP contribution in [0.25, 0.3) is 33.4 Å². The van der Waals surface area contributed by atoms with Crippen LogP contribution in [0.15, 0.2) is 146 Å². The van der Waals surface area contributed by atoms with Crippen molar-refractivity contribution in [3.05, 3.63) is 203 Å². The highest BCUT2D eigenvalue weighted by Gasteiger charge is 2.34. The van der Waals surface area contributed by atoms with Crippen molar-refractivity contribution in [2.75, 3.05) is 130 Å². The molecule has 3 saturated heterocycles. The molecule has 0 unspecified atom stereocenters. The van der Waals surface area contributed by atoms with Crippen LogP contribution in [-0.2, 0) is 37.5 Å². The molecule has 0 bridgehead atoms. The number of hydrogen-bond acceptors (Lipinski definition) is 19. The molecule has 110 heavy (non-hydrogen) atoms. The largest absolute Gasteiger partial charge is 0.471 e. The van der Waals surface area contributed by atoms with Crippen molar-refractivity contribution < 1.29 is 91.8 Å². The highest BCUT2D eigenvalue weighted by Crippen LogP contribution is 2.39. The van der Waals surface area contributed by atoms with E-state index < -0.39 is 65.0 Å². The van der Waals surface area contributed by atoms with Crippen LogP contribution < -0.4 is 40.1 Å². The molecule has 12 rings (SSSR count). The first-order valence-corrected chi connectivity index (χ1v) is 34.0. The molecule has 3 fully saturated rings. The number of carbonyl (C=O) groups excluding carboxylic acids is 3. The van der Waals surface area contributed by atoms with Gasteiger partial charge in [-0.2, -0.15) is 43.9 Å². The zero-order valence-corrected chi connectivity index (χ0v) is 59.3. The first-order chi connectivity index (χ1) is 51.5. The summed E-state index contributed by atoms with van der Waals surface area (Å²) in [5, 5.41) is 17.3. The third kappa shape index (κ3) is 22.4. The van der Waals surface area contributed by atoms with E-state index in [2.05, 4.69) is 55.7 Å². The van der Waals surface area contributed by atoms with E-state index in [-0.39, 0.29) is 49.9 Å². The normalized spacial score (nSPS) is 14.4. The summed E-state index contributed by atoms with van der Waals surface area (Å²) in [6, 6.07) is 23.2. The van der Waals surface area contributed by atoms with Gasteiger partial charge in [0.05, 0.1) is 111 Å². The Kier molecular flexibility index (Phi) is 29.2. The molecular weight excluding hydrogens is 1450 g/mol. The van der Waals surface area contributed by atoms with Crippen LogP contribution in [0.1, 0.15) is 93.5 Å². The number of alkyl halides is 9. The summed E-state index contributed by atoms with van der Waals surface area (Å²) in [6.45, 7) is 16.2. The predicted octanol–water partition coefficient (Wildman–Crippen LogP) is 15.3. The lowest BCUT2D eigenvalue weighted by atomic mass is 10.0. The fraction of sp³-hybridized carbons (Fsp3) is 0.346. The van der Waals surface area contributed by atoms with E-state index in [4.69, 9.17) is 28.4 Å². The van der Waals surface area contributed by atoms with Crippen molar-refractivity contribution in [3.63, 3.8) is 0 Å². The van der Waals surface area contributed by atoms with Gasteiger partial charge in [0.15, 0.2) is 0 Å². The van der Waals surface area contributed by atoms with Crippen LogP contribution >= 0.6 is 0 Å². The van der Waals surface area contributed by atoms with E-state index in [9.17, 15) is 63.4 Å². The van der Waals surface area contributed by atoms with Gasteiger partial charge in [-0.3, -0.25) is 29.3 Å². The second-order valence-corrected chi connectivity index (χ2v) is 25.1. The van der Waals surface area contributed by atoms with Gasteiger partial charge in [0.2, 0.25) is 17.7 Å². The summed E-state index contributed by atoms with van der Waals surface area (Å²) >= 11 is 0. The summed E-state index contributed by atoms with van der Waals surface area (Å²) in [7, 11) is 1.61. The minimum Gasteiger partial charge on any atom is -0.471 e. The van der Waals surface area contributed by atoms with E-state index in [1.807, 2.05) is 30.9 Å². The molecule has 32 heteroatoms. The smallest absolute Gasteiger partial charge is 0.416 e. The second kappa shape index (κ2) is 37.9. The number of halogens is 10. The van der Waals surface area contributed by atoms with E-state index >= 15 is 0 Å². The van der Waals surface area contributed by atoms with Crippen LogP contribution in [-0.4, -0.2) is 164 Å². The zero-order chi connectivity index (χ0) is 77.5. The molecule has 9 heterocycles. The van der Waals surface area contributed by atoms with Gasteiger partial charge < -0.3 is 64.2 Å². The van der Waals surface area contributed by atoms with E-state index in [1.54, 1.807) is 64.5 Å². The molecule has 0 aliphatic carbocycles. The van der Waals surface area contributed by atoms with Gasteiger partial charge in [0.25, 0.3) is 17.7 Å². The van der Waals surface area contributed by atoms with Gasteiger partial charge in [0.1, 0.15) is 23.6 Å². The molecule has 0 radical (unpaired) electrons. The number of rotatable bonds is 19. The van der Waals surface area contributed by atoms with E-state index in [0.717, 1.165) is 53.3 Å². The van der Waals surface area contributed by atoms with Gasteiger partial charge >= 0.3 is 18.5 Å². The topological polar surface area (TPSA) is 250 Å². The summed E-state index contributed by atoms with van der Waals surface area (Å²) < 4.78 is 165. The van der Waals surface area contributed by atoms with Crippen LogP contribution in [0.4, 0.5) is 78.0 Å². The maximum absolute atomic E-state index is 14.4. The number of hydrogen-bond donors (Lipinski definition) is 4. The number of carbonyl (C=O) groups is 3. The summed E-state index contributed by atoms with van der Waals surface area (Å²) in [5.41, 5.74) is 5.81. The Bertz CT molecular complexity index is 4630. The van der Waals surface area contributed by atoms with Gasteiger partial charge in [-0.25, -0.2) is 15.0 Å². The van der Waals surface area contributed by atoms with Gasteiger partial charge in [-0.15, -0.1) is 0 Å². The number of methoxy groups -OCH3 is 1. The van der Waals surface area contributed by atoms with Crippen molar-refractivity contribution in [3.8, 4) is 45.1 Å². The van der Waals surface area contributed by atoms with E-state index in [0.29, 0.717) is 159 Å². The average molecular weight is 1540 g/mol. The number of pyridine rings is 6. The second-order valence-electron chi connectivity index (χ2n) is 25.1. The van der Waals surface area contributed by atoms with Crippen LogP contribution in [0.2, 0.25) is 0 Å². The van der Waals surface area contributed by atoms with Crippen molar-refractivity contribution >= 4 is 51.8 Å². The molecular formula is C78H84F10N12O10. The first-order valence-electron chi connectivity index (χ1n) is 34.0. The summed E-state index contributed by atoms with van der Waals surface area (Å²) in [4.78, 5) is 70.0. The number of nitrogens with one attached hydrogen (secondary N) is 3. The number of ether oxygens (including phenoxy) is 6. The Labute approximate surface area is 629 Å². The van der Waals surface area contributed by atoms with Crippen LogP contribution in [0, 0.1) is 26.7 Å².